The second kappa shape index (κ2) is 2.71. The van der Waals surface area contributed by atoms with Crippen molar-refractivity contribution in [1.82, 2.24) is 0 Å². The molecular weight excluding hydrogens is 148 g/mol. The van der Waals surface area contributed by atoms with Crippen molar-refractivity contribution in [3.8, 4) is 0 Å². The first-order valence-electron chi connectivity index (χ1n) is 3.64. The smallest absolute Gasteiger partial charge is 0.184 e. The molecule has 3 atom stereocenters. The van der Waals surface area contributed by atoms with E-state index < -0.39 is 24.1 Å². The van der Waals surface area contributed by atoms with E-state index in [2.05, 4.69) is 0 Å². The third-order valence-electron chi connectivity index (χ3n) is 1.83. The number of aliphatic hydroxyl groups excluding tert-OH is 3. The molecule has 4 heteroatoms. The molecule has 1 rings (SSSR count). The number of rotatable bonds is 0. The topological polar surface area (TPSA) is 69.9 Å². The van der Waals surface area contributed by atoms with Crippen molar-refractivity contribution in [2.75, 3.05) is 0 Å². The normalized spacial score (nSPS) is 43.9. The van der Waals surface area contributed by atoms with Crippen LogP contribution in [0.4, 0.5) is 0 Å². The Balaban J connectivity index is 2.62. The van der Waals surface area contributed by atoms with E-state index >= 15 is 0 Å². The van der Waals surface area contributed by atoms with Crippen LogP contribution in [0.5, 0.6) is 0 Å². The first kappa shape index (κ1) is 8.93. The minimum Gasteiger partial charge on any atom is -0.390 e. The summed E-state index contributed by atoms with van der Waals surface area (Å²) in [6.07, 6.45) is -3.00. The molecule has 66 valence electrons. The van der Waals surface area contributed by atoms with Crippen molar-refractivity contribution in [3.63, 3.8) is 0 Å². The predicted octanol–water partition coefficient (Wildman–Crippen LogP) is -0.775. The molecule has 0 aliphatic carbocycles. The van der Waals surface area contributed by atoms with Crippen LogP contribution in [-0.2, 0) is 4.74 Å². The lowest BCUT2D eigenvalue weighted by Crippen LogP contribution is -2.52. The standard InChI is InChI=1S/C7H14O4/c1-7(2)3-4(8)5(9)6(10)11-7/h4-6,8-10H,3H2,1-2H3/t4-,5-,6?/m0/s1. The van der Waals surface area contributed by atoms with Crippen molar-refractivity contribution >= 4 is 0 Å². The van der Waals surface area contributed by atoms with E-state index in [1.54, 1.807) is 13.8 Å². The third kappa shape index (κ3) is 1.90. The SMILES string of the molecule is CC1(C)C[C@H](O)[C@H](O)C(O)O1. The fourth-order valence-electron chi connectivity index (χ4n) is 1.26. The molecule has 0 aromatic carbocycles. The van der Waals surface area contributed by atoms with Crippen LogP contribution >= 0.6 is 0 Å². The van der Waals surface area contributed by atoms with E-state index in [0.29, 0.717) is 6.42 Å². The molecule has 1 heterocycles. The fourth-order valence-corrected chi connectivity index (χ4v) is 1.26. The van der Waals surface area contributed by atoms with Gasteiger partial charge in [-0.3, -0.25) is 0 Å². The molecule has 1 saturated heterocycles. The van der Waals surface area contributed by atoms with E-state index in [0.717, 1.165) is 0 Å². The summed E-state index contributed by atoms with van der Waals surface area (Å²) in [6.45, 7) is 3.51. The number of aliphatic hydroxyl groups is 3. The van der Waals surface area contributed by atoms with Crippen LogP contribution in [0.1, 0.15) is 20.3 Å². The third-order valence-corrected chi connectivity index (χ3v) is 1.83. The minimum absolute atomic E-state index is 0.339. The lowest BCUT2D eigenvalue weighted by molar-refractivity contribution is -0.273. The second-order valence-electron chi connectivity index (χ2n) is 3.53. The molecule has 4 nitrogen and oxygen atoms in total. The number of hydrogen-bond donors (Lipinski definition) is 3. The highest BCUT2D eigenvalue weighted by atomic mass is 16.6. The van der Waals surface area contributed by atoms with Crippen molar-refractivity contribution in [2.24, 2.45) is 0 Å². The van der Waals surface area contributed by atoms with Gasteiger partial charge in [-0.1, -0.05) is 0 Å². The molecule has 0 radical (unpaired) electrons. The number of ether oxygens (including phenoxy) is 1. The molecule has 1 aliphatic heterocycles. The lowest BCUT2D eigenvalue weighted by Gasteiger charge is -2.39. The average Bonchev–Trinajstić information content (AvgIpc) is 1.81. The highest BCUT2D eigenvalue weighted by Crippen LogP contribution is 2.27. The molecule has 0 aromatic heterocycles. The summed E-state index contributed by atoms with van der Waals surface area (Å²) in [7, 11) is 0. The molecule has 0 spiro atoms. The van der Waals surface area contributed by atoms with Gasteiger partial charge < -0.3 is 20.1 Å². The highest BCUT2D eigenvalue weighted by molar-refractivity contribution is 4.85. The van der Waals surface area contributed by atoms with Crippen LogP contribution in [0.3, 0.4) is 0 Å². The van der Waals surface area contributed by atoms with Gasteiger partial charge in [0.05, 0.1) is 11.7 Å². The van der Waals surface area contributed by atoms with Crippen molar-refractivity contribution in [2.45, 2.75) is 44.4 Å². The van der Waals surface area contributed by atoms with Crippen LogP contribution in [0.25, 0.3) is 0 Å². The first-order valence-corrected chi connectivity index (χ1v) is 3.64. The summed E-state index contributed by atoms with van der Waals surface area (Å²) < 4.78 is 5.00. The van der Waals surface area contributed by atoms with Gasteiger partial charge in [0.2, 0.25) is 0 Å². The van der Waals surface area contributed by atoms with E-state index in [4.69, 9.17) is 14.9 Å². The summed E-state index contributed by atoms with van der Waals surface area (Å²) >= 11 is 0. The molecule has 0 amide bonds. The molecule has 0 saturated carbocycles. The maximum atomic E-state index is 9.19. The summed E-state index contributed by atoms with van der Waals surface area (Å²) in [6, 6.07) is 0. The molecule has 1 aliphatic rings. The quantitative estimate of drug-likeness (QED) is 0.437. The van der Waals surface area contributed by atoms with Gasteiger partial charge in [0.15, 0.2) is 6.29 Å². The summed E-state index contributed by atoms with van der Waals surface area (Å²) in [5.41, 5.74) is -0.557. The van der Waals surface area contributed by atoms with Gasteiger partial charge >= 0.3 is 0 Å². The van der Waals surface area contributed by atoms with Crippen molar-refractivity contribution in [3.05, 3.63) is 0 Å². The Hall–Kier alpha value is -0.160. The van der Waals surface area contributed by atoms with Gasteiger partial charge in [0.25, 0.3) is 0 Å². The maximum Gasteiger partial charge on any atom is 0.184 e. The van der Waals surface area contributed by atoms with E-state index in [-0.39, 0.29) is 0 Å². The Kier molecular flexibility index (Phi) is 2.20. The van der Waals surface area contributed by atoms with Gasteiger partial charge in [-0.25, -0.2) is 0 Å². The van der Waals surface area contributed by atoms with Crippen molar-refractivity contribution in [1.29, 1.82) is 0 Å². The van der Waals surface area contributed by atoms with Gasteiger partial charge in [0, 0.05) is 6.42 Å². The Labute approximate surface area is 65.4 Å². The molecular formula is C7H14O4. The molecule has 1 unspecified atom stereocenters. The summed E-state index contributed by atoms with van der Waals surface area (Å²) in [5.74, 6) is 0. The molecule has 3 N–H and O–H groups in total. The van der Waals surface area contributed by atoms with Crippen LogP contribution in [0, 0.1) is 0 Å². The van der Waals surface area contributed by atoms with Crippen LogP contribution in [-0.4, -0.2) is 39.4 Å². The molecule has 11 heavy (non-hydrogen) atoms. The molecule has 0 bridgehead atoms. The van der Waals surface area contributed by atoms with Crippen LogP contribution in [0.15, 0.2) is 0 Å². The predicted molar refractivity (Wildman–Crippen MR) is 37.8 cm³/mol. The summed E-state index contributed by atoms with van der Waals surface area (Å²) in [5, 5.41) is 27.3. The minimum atomic E-state index is -1.27. The Morgan fingerprint density at radius 3 is 2.27 bits per heavy atom. The zero-order valence-corrected chi connectivity index (χ0v) is 6.69. The van der Waals surface area contributed by atoms with E-state index in [1.165, 1.54) is 0 Å². The van der Waals surface area contributed by atoms with Crippen LogP contribution in [0.2, 0.25) is 0 Å². The Morgan fingerprint density at radius 2 is 1.82 bits per heavy atom. The number of hydrogen-bond acceptors (Lipinski definition) is 4. The monoisotopic (exact) mass is 162 g/mol. The maximum absolute atomic E-state index is 9.19. The van der Waals surface area contributed by atoms with Gasteiger partial charge in [-0.2, -0.15) is 0 Å². The average molecular weight is 162 g/mol. The van der Waals surface area contributed by atoms with E-state index in [1.807, 2.05) is 0 Å². The lowest BCUT2D eigenvalue weighted by atomic mass is 9.94. The Morgan fingerprint density at radius 1 is 1.27 bits per heavy atom. The summed E-state index contributed by atoms with van der Waals surface area (Å²) in [4.78, 5) is 0. The van der Waals surface area contributed by atoms with Gasteiger partial charge in [-0.15, -0.1) is 0 Å². The fraction of sp³-hybridized carbons (Fsp3) is 1.00. The molecule has 0 aromatic rings. The first-order chi connectivity index (χ1) is 4.92. The zero-order valence-electron chi connectivity index (χ0n) is 6.69. The van der Waals surface area contributed by atoms with Crippen molar-refractivity contribution < 1.29 is 20.1 Å². The Bertz CT molecular complexity index is 131. The van der Waals surface area contributed by atoms with Gasteiger partial charge in [-0.05, 0) is 13.8 Å². The van der Waals surface area contributed by atoms with E-state index in [9.17, 15) is 5.11 Å². The highest BCUT2D eigenvalue weighted by Gasteiger charge is 2.39. The zero-order chi connectivity index (χ0) is 8.65. The second-order valence-corrected chi connectivity index (χ2v) is 3.53. The molecule has 1 fully saturated rings. The van der Waals surface area contributed by atoms with Crippen LogP contribution < -0.4 is 0 Å². The van der Waals surface area contributed by atoms with Gasteiger partial charge in [0.1, 0.15) is 6.10 Å². The largest absolute Gasteiger partial charge is 0.390 e.